The van der Waals surface area contributed by atoms with Crippen LogP contribution in [-0.2, 0) is 0 Å². The molecule has 19 heavy (non-hydrogen) atoms. The molecule has 3 rings (SSSR count). The fourth-order valence-electron chi connectivity index (χ4n) is 2.04. The van der Waals surface area contributed by atoms with Gasteiger partial charge in [-0.05, 0) is 22.0 Å². The zero-order valence-electron chi connectivity index (χ0n) is 10.2. The van der Waals surface area contributed by atoms with Crippen LogP contribution in [0.15, 0.2) is 16.7 Å². The van der Waals surface area contributed by atoms with E-state index in [4.69, 9.17) is 19.9 Å². The quantitative estimate of drug-likeness (QED) is 0.884. The molecule has 1 aliphatic heterocycles. The minimum Gasteiger partial charge on any atom is -0.495 e. The summed E-state index contributed by atoms with van der Waals surface area (Å²) in [6.07, 6.45) is 1.65. The highest BCUT2D eigenvalue weighted by Crippen LogP contribution is 2.49. The lowest BCUT2D eigenvalue weighted by molar-refractivity contribution is 0.169. The zero-order valence-corrected chi connectivity index (χ0v) is 11.8. The van der Waals surface area contributed by atoms with E-state index in [9.17, 15) is 0 Å². The molecule has 0 spiro atoms. The van der Waals surface area contributed by atoms with Crippen molar-refractivity contribution in [2.45, 2.75) is 0 Å². The van der Waals surface area contributed by atoms with E-state index in [0.717, 1.165) is 11.1 Å². The number of nitrogen functional groups attached to an aromatic ring is 1. The van der Waals surface area contributed by atoms with Crippen LogP contribution in [0.25, 0.3) is 11.1 Å². The number of fused-ring (bicyclic) bond motifs is 1. The Morgan fingerprint density at radius 3 is 2.84 bits per heavy atom. The maximum atomic E-state index is 5.86. The van der Waals surface area contributed by atoms with Crippen LogP contribution in [0.1, 0.15) is 0 Å². The highest BCUT2D eigenvalue weighted by molar-refractivity contribution is 9.10. The fourth-order valence-corrected chi connectivity index (χ4v) is 2.72. The number of hydrogen-bond acceptors (Lipinski definition) is 5. The average molecular weight is 326 g/mol. The Labute approximate surface area is 118 Å². The molecule has 6 nitrogen and oxygen atoms in total. The van der Waals surface area contributed by atoms with Crippen molar-refractivity contribution in [2.24, 2.45) is 0 Å². The number of anilines is 1. The van der Waals surface area contributed by atoms with Crippen LogP contribution in [-0.4, -0.2) is 30.5 Å². The summed E-state index contributed by atoms with van der Waals surface area (Å²) >= 11 is 3.49. The molecule has 2 aromatic rings. The lowest BCUT2D eigenvalue weighted by Crippen LogP contribution is -2.16. The minimum absolute atomic E-state index is 0.474. The summed E-state index contributed by atoms with van der Waals surface area (Å²) in [7, 11) is 1.59. The summed E-state index contributed by atoms with van der Waals surface area (Å²) in [5, 5.41) is 6.63. The van der Waals surface area contributed by atoms with E-state index in [1.165, 1.54) is 0 Å². The molecule has 0 radical (unpaired) electrons. The summed E-state index contributed by atoms with van der Waals surface area (Å²) in [6, 6.07) is 1.85. The lowest BCUT2D eigenvalue weighted by Gasteiger charge is -2.22. The second kappa shape index (κ2) is 4.65. The molecule has 7 heteroatoms. The molecular formula is C12H12BrN3O3. The third-order valence-electron chi connectivity index (χ3n) is 2.89. The molecular weight excluding hydrogens is 314 g/mol. The zero-order chi connectivity index (χ0) is 13.4. The van der Waals surface area contributed by atoms with Gasteiger partial charge in [-0.15, -0.1) is 0 Å². The molecule has 1 aliphatic rings. The summed E-state index contributed by atoms with van der Waals surface area (Å²) < 4.78 is 17.3. The smallest absolute Gasteiger partial charge is 0.179 e. The van der Waals surface area contributed by atoms with Gasteiger partial charge in [0.05, 0.1) is 13.3 Å². The van der Waals surface area contributed by atoms with Crippen molar-refractivity contribution in [3.63, 3.8) is 0 Å². The van der Waals surface area contributed by atoms with E-state index in [1.807, 2.05) is 6.07 Å². The highest BCUT2D eigenvalue weighted by Gasteiger charge is 2.24. The average Bonchev–Trinajstić information content (AvgIpc) is 2.85. The number of methoxy groups -OCH3 is 1. The number of aromatic amines is 1. The Kier molecular flexibility index (Phi) is 2.98. The molecule has 0 bridgehead atoms. The lowest BCUT2D eigenvalue weighted by atomic mass is 10.1. The Balaban J connectivity index is 2.24. The van der Waals surface area contributed by atoms with Crippen LogP contribution in [0.5, 0.6) is 17.2 Å². The molecule has 1 aromatic carbocycles. The van der Waals surface area contributed by atoms with E-state index in [0.29, 0.717) is 40.8 Å². The van der Waals surface area contributed by atoms with E-state index >= 15 is 0 Å². The van der Waals surface area contributed by atoms with Gasteiger partial charge in [0.2, 0.25) is 0 Å². The second-order valence-corrected chi connectivity index (χ2v) is 4.79. The van der Waals surface area contributed by atoms with Crippen molar-refractivity contribution in [1.82, 2.24) is 10.2 Å². The van der Waals surface area contributed by atoms with Gasteiger partial charge < -0.3 is 19.9 Å². The van der Waals surface area contributed by atoms with Crippen molar-refractivity contribution in [2.75, 3.05) is 26.1 Å². The van der Waals surface area contributed by atoms with Gasteiger partial charge in [0.25, 0.3) is 0 Å². The van der Waals surface area contributed by atoms with E-state index < -0.39 is 0 Å². The molecule has 100 valence electrons. The van der Waals surface area contributed by atoms with Gasteiger partial charge in [-0.2, -0.15) is 5.10 Å². The van der Waals surface area contributed by atoms with Crippen LogP contribution < -0.4 is 19.9 Å². The van der Waals surface area contributed by atoms with Crippen LogP contribution in [0.3, 0.4) is 0 Å². The number of rotatable bonds is 2. The van der Waals surface area contributed by atoms with Gasteiger partial charge in [0.15, 0.2) is 11.5 Å². The third-order valence-corrected chi connectivity index (χ3v) is 3.61. The second-order valence-electron chi connectivity index (χ2n) is 3.99. The van der Waals surface area contributed by atoms with Gasteiger partial charge >= 0.3 is 0 Å². The molecule has 0 fully saturated rings. The van der Waals surface area contributed by atoms with E-state index in [-0.39, 0.29) is 0 Å². The maximum Gasteiger partial charge on any atom is 0.179 e. The molecule has 0 aliphatic carbocycles. The Bertz CT molecular complexity index is 627. The minimum atomic E-state index is 0.474. The van der Waals surface area contributed by atoms with Gasteiger partial charge in [0, 0.05) is 11.1 Å². The Hall–Kier alpha value is -1.89. The molecule has 0 saturated heterocycles. The fraction of sp³-hybridized carbons (Fsp3) is 0.250. The van der Waals surface area contributed by atoms with Gasteiger partial charge in [-0.3, -0.25) is 5.10 Å². The number of aromatic nitrogens is 2. The number of benzene rings is 1. The van der Waals surface area contributed by atoms with E-state index in [1.54, 1.807) is 13.3 Å². The molecule has 0 atom stereocenters. The number of nitrogens with zero attached hydrogens (tertiary/aromatic N) is 1. The predicted octanol–water partition coefficient (Wildman–Crippen LogP) is 2.20. The maximum absolute atomic E-state index is 5.86. The van der Waals surface area contributed by atoms with Crippen molar-refractivity contribution < 1.29 is 14.2 Å². The van der Waals surface area contributed by atoms with Crippen molar-refractivity contribution in [3.8, 4) is 28.4 Å². The van der Waals surface area contributed by atoms with Crippen LogP contribution in [0.4, 0.5) is 5.82 Å². The first-order chi connectivity index (χ1) is 9.22. The molecule has 0 unspecified atom stereocenters. The van der Waals surface area contributed by atoms with Crippen LogP contribution in [0, 0.1) is 0 Å². The number of nitrogens with one attached hydrogen (secondary N) is 1. The standard InChI is InChI=1S/C12H12BrN3O3/c1-17-10-6(7-5-15-16-12(7)14)4-8-11(9(10)13)19-3-2-18-8/h4-5H,2-3H2,1H3,(H3,14,15,16). The molecule has 1 aromatic heterocycles. The number of halogens is 1. The molecule has 3 N–H and O–H groups in total. The molecule has 0 saturated carbocycles. The van der Waals surface area contributed by atoms with Crippen molar-refractivity contribution in [3.05, 3.63) is 16.7 Å². The number of nitrogens with two attached hydrogens (primary N) is 1. The predicted molar refractivity (Wildman–Crippen MR) is 73.7 cm³/mol. The van der Waals surface area contributed by atoms with Crippen LogP contribution in [0.2, 0.25) is 0 Å². The largest absolute Gasteiger partial charge is 0.495 e. The summed E-state index contributed by atoms with van der Waals surface area (Å²) in [5.74, 6) is 2.42. The Morgan fingerprint density at radius 2 is 2.16 bits per heavy atom. The normalized spacial score (nSPS) is 13.4. The first kappa shape index (κ1) is 12.2. The summed E-state index contributed by atoms with van der Waals surface area (Å²) in [6.45, 7) is 1.04. The van der Waals surface area contributed by atoms with Gasteiger partial charge in [-0.1, -0.05) is 0 Å². The first-order valence-electron chi connectivity index (χ1n) is 5.67. The molecule has 0 amide bonds. The van der Waals surface area contributed by atoms with Gasteiger partial charge in [-0.25, -0.2) is 0 Å². The first-order valence-corrected chi connectivity index (χ1v) is 6.47. The topological polar surface area (TPSA) is 82.4 Å². The van der Waals surface area contributed by atoms with Crippen LogP contribution >= 0.6 is 15.9 Å². The molecule has 2 heterocycles. The number of H-pyrrole nitrogens is 1. The summed E-state index contributed by atoms with van der Waals surface area (Å²) in [5.41, 5.74) is 7.42. The van der Waals surface area contributed by atoms with Crippen molar-refractivity contribution in [1.29, 1.82) is 0 Å². The SMILES string of the molecule is COc1c(-c2cn[nH]c2N)cc2c(c1Br)OCCO2. The van der Waals surface area contributed by atoms with E-state index in [2.05, 4.69) is 26.1 Å². The van der Waals surface area contributed by atoms with Gasteiger partial charge in [0.1, 0.15) is 29.3 Å². The number of ether oxygens (including phenoxy) is 3. The Morgan fingerprint density at radius 1 is 1.37 bits per heavy atom. The third kappa shape index (κ3) is 1.90. The summed E-state index contributed by atoms with van der Waals surface area (Å²) in [4.78, 5) is 0. The highest BCUT2D eigenvalue weighted by atomic mass is 79.9. The number of hydrogen-bond donors (Lipinski definition) is 2. The monoisotopic (exact) mass is 325 g/mol. The van der Waals surface area contributed by atoms with Crippen molar-refractivity contribution >= 4 is 21.7 Å².